The van der Waals surface area contributed by atoms with Crippen LogP contribution in [-0.2, 0) is 0 Å². The fourth-order valence-corrected chi connectivity index (χ4v) is 1.44. The summed E-state index contributed by atoms with van der Waals surface area (Å²) in [6, 6.07) is 5.39. The molecule has 0 aliphatic rings. The molecule has 0 aliphatic heterocycles. The van der Waals surface area contributed by atoms with Gasteiger partial charge in [0, 0.05) is 12.1 Å². The van der Waals surface area contributed by atoms with E-state index in [1.54, 1.807) is 19.1 Å². The van der Waals surface area contributed by atoms with Crippen molar-refractivity contribution in [2.24, 2.45) is 5.92 Å². The zero-order valence-corrected chi connectivity index (χ0v) is 10.2. The van der Waals surface area contributed by atoms with Gasteiger partial charge in [0.1, 0.15) is 0 Å². The minimum atomic E-state index is 0.0421. The van der Waals surface area contributed by atoms with Gasteiger partial charge < -0.3 is 11.1 Å². The zero-order valence-electron chi connectivity index (χ0n) is 10.2. The minimum Gasteiger partial charge on any atom is -0.397 e. The lowest BCUT2D eigenvalue weighted by Crippen LogP contribution is -2.07. The number of carbonyl (C=O) groups excluding carboxylic acids is 1. The average molecular weight is 220 g/mol. The van der Waals surface area contributed by atoms with Crippen LogP contribution in [0.25, 0.3) is 0 Å². The van der Waals surface area contributed by atoms with Gasteiger partial charge in [0.15, 0.2) is 5.78 Å². The van der Waals surface area contributed by atoms with Gasteiger partial charge in [-0.15, -0.1) is 0 Å². The first-order valence-electron chi connectivity index (χ1n) is 5.65. The summed E-state index contributed by atoms with van der Waals surface area (Å²) in [6.07, 6.45) is 1.11. The van der Waals surface area contributed by atoms with E-state index in [1.807, 2.05) is 6.07 Å². The van der Waals surface area contributed by atoms with Crippen molar-refractivity contribution in [2.75, 3.05) is 17.6 Å². The fraction of sp³-hybridized carbons (Fsp3) is 0.462. The maximum atomic E-state index is 11.1. The molecule has 0 amide bonds. The maximum absolute atomic E-state index is 11.1. The van der Waals surface area contributed by atoms with Crippen molar-refractivity contribution in [3.63, 3.8) is 0 Å². The van der Waals surface area contributed by atoms with Crippen molar-refractivity contribution in [1.29, 1.82) is 0 Å². The normalized spacial score (nSPS) is 10.5. The lowest BCUT2D eigenvalue weighted by molar-refractivity contribution is 0.101. The molecule has 88 valence electrons. The van der Waals surface area contributed by atoms with Crippen molar-refractivity contribution in [2.45, 2.75) is 27.2 Å². The first-order chi connectivity index (χ1) is 7.50. The summed E-state index contributed by atoms with van der Waals surface area (Å²) in [5, 5.41) is 3.27. The summed E-state index contributed by atoms with van der Waals surface area (Å²) in [5.41, 5.74) is 8.06. The van der Waals surface area contributed by atoms with E-state index in [0.717, 1.165) is 18.7 Å². The largest absolute Gasteiger partial charge is 0.397 e. The molecule has 0 atom stereocenters. The van der Waals surface area contributed by atoms with Crippen LogP contribution in [0.2, 0.25) is 0 Å². The Kier molecular flexibility index (Phi) is 4.35. The van der Waals surface area contributed by atoms with E-state index >= 15 is 0 Å². The SMILES string of the molecule is CC(=O)c1ccc(NCCC(C)C)c(N)c1. The van der Waals surface area contributed by atoms with Gasteiger partial charge in [-0.2, -0.15) is 0 Å². The van der Waals surface area contributed by atoms with E-state index < -0.39 is 0 Å². The van der Waals surface area contributed by atoms with Gasteiger partial charge in [-0.3, -0.25) is 4.79 Å². The number of hydrogen-bond donors (Lipinski definition) is 2. The van der Waals surface area contributed by atoms with E-state index in [0.29, 0.717) is 17.2 Å². The van der Waals surface area contributed by atoms with Crippen LogP contribution in [0.5, 0.6) is 0 Å². The molecule has 16 heavy (non-hydrogen) atoms. The van der Waals surface area contributed by atoms with E-state index in [9.17, 15) is 4.79 Å². The molecule has 3 N–H and O–H groups in total. The number of hydrogen-bond acceptors (Lipinski definition) is 3. The molecule has 3 heteroatoms. The molecular weight excluding hydrogens is 200 g/mol. The minimum absolute atomic E-state index is 0.0421. The Morgan fingerprint density at radius 2 is 2.12 bits per heavy atom. The summed E-state index contributed by atoms with van der Waals surface area (Å²) < 4.78 is 0. The third-order valence-corrected chi connectivity index (χ3v) is 2.50. The number of rotatable bonds is 5. The molecule has 1 aromatic carbocycles. The Morgan fingerprint density at radius 3 is 2.62 bits per heavy atom. The number of carbonyl (C=O) groups is 1. The lowest BCUT2D eigenvalue weighted by atomic mass is 10.1. The van der Waals surface area contributed by atoms with Crippen LogP contribution in [0.3, 0.4) is 0 Å². The van der Waals surface area contributed by atoms with Gasteiger partial charge in [0.05, 0.1) is 11.4 Å². The van der Waals surface area contributed by atoms with Crippen molar-refractivity contribution in [3.8, 4) is 0 Å². The number of nitrogens with one attached hydrogen (secondary N) is 1. The second-order valence-electron chi connectivity index (χ2n) is 4.47. The molecule has 3 nitrogen and oxygen atoms in total. The van der Waals surface area contributed by atoms with Crippen molar-refractivity contribution in [3.05, 3.63) is 23.8 Å². The quantitative estimate of drug-likeness (QED) is 0.592. The number of nitrogen functional groups attached to an aromatic ring is 1. The summed E-state index contributed by atoms with van der Waals surface area (Å²) in [6.45, 7) is 6.82. The molecule has 0 unspecified atom stereocenters. The topological polar surface area (TPSA) is 55.1 Å². The van der Waals surface area contributed by atoms with E-state index in [4.69, 9.17) is 5.73 Å². The van der Waals surface area contributed by atoms with Crippen LogP contribution in [0.4, 0.5) is 11.4 Å². The van der Waals surface area contributed by atoms with Crippen LogP contribution >= 0.6 is 0 Å². The number of ketones is 1. The van der Waals surface area contributed by atoms with Crippen LogP contribution in [0, 0.1) is 5.92 Å². The standard InChI is InChI=1S/C13H20N2O/c1-9(2)6-7-15-13-5-4-11(10(3)16)8-12(13)14/h4-5,8-9,15H,6-7,14H2,1-3H3. The van der Waals surface area contributed by atoms with E-state index in [-0.39, 0.29) is 5.78 Å². The predicted octanol–water partition coefficient (Wildman–Crippen LogP) is 2.93. The smallest absolute Gasteiger partial charge is 0.159 e. The molecule has 0 saturated heterocycles. The summed E-state index contributed by atoms with van der Waals surface area (Å²) in [5.74, 6) is 0.714. The van der Waals surface area contributed by atoms with Gasteiger partial charge in [-0.25, -0.2) is 0 Å². The molecule has 0 saturated carbocycles. The molecule has 1 rings (SSSR count). The molecule has 0 bridgehead atoms. The Balaban J connectivity index is 2.64. The van der Waals surface area contributed by atoms with Crippen molar-refractivity contribution < 1.29 is 4.79 Å². The predicted molar refractivity (Wildman–Crippen MR) is 68.8 cm³/mol. The average Bonchev–Trinajstić information content (AvgIpc) is 2.19. The van der Waals surface area contributed by atoms with Gasteiger partial charge in [-0.05, 0) is 37.5 Å². The zero-order chi connectivity index (χ0) is 12.1. The van der Waals surface area contributed by atoms with Crippen molar-refractivity contribution >= 4 is 17.2 Å². The van der Waals surface area contributed by atoms with Gasteiger partial charge in [-0.1, -0.05) is 13.8 Å². The number of benzene rings is 1. The highest BCUT2D eigenvalue weighted by molar-refractivity contribution is 5.95. The molecule has 0 heterocycles. The second kappa shape index (κ2) is 5.54. The molecular formula is C13H20N2O. The Labute approximate surface area is 97.0 Å². The van der Waals surface area contributed by atoms with Crippen molar-refractivity contribution in [1.82, 2.24) is 0 Å². The molecule has 0 radical (unpaired) electrons. The Bertz CT molecular complexity index is 372. The van der Waals surface area contributed by atoms with Crippen LogP contribution in [-0.4, -0.2) is 12.3 Å². The molecule has 1 aromatic rings. The van der Waals surface area contributed by atoms with Crippen LogP contribution in [0.1, 0.15) is 37.6 Å². The fourth-order valence-electron chi connectivity index (χ4n) is 1.44. The summed E-state index contributed by atoms with van der Waals surface area (Å²) >= 11 is 0. The van der Waals surface area contributed by atoms with Gasteiger partial charge in [0.2, 0.25) is 0 Å². The molecule has 0 fully saturated rings. The highest BCUT2D eigenvalue weighted by Crippen LogP contribution is 2.20. The van der Waals surface area contributed by atoms with Gasteiger partial charge in [0.25, 0.3) is 0 Å². The first kappa shape index (κ1) is 12.6. The Morgan fingerprint density at radius 1 is 1.44 bits per heavy atom. The van der Waals surface area contributed by atoms with E-state index in [1.165, 1.54) is 0 Å². The molecule has 0 aromatic heterocycles. The number of Topliss-reactive ketones (excluding diaryl/α,β-unsaturated/α-hetero) is 1. The number of anilines is 2. The highest BCUT2D eigenvalue weighted by atomic mass is 16.1. The summed E-state index contributed by atoms with van der Waals surface area (Å²) in [4.78, 5) is 11.1. The summed E-state index contributed by atoms with van der Waals surface area (Å²) in [7, 11) is 0. The van der Waals surface area contributed by atoms with Gasteiger partial charge >= 0.3 is 0 Å². The lowest BCUT2D eigenvalue weighted by Gasteiger charge is -2.11. The van der Waals surface area contributed by atoms with Crippen LogP contribution in [0.15, 0.2) is 18.2 Å². The monoisotopic (exact) mass is 220 g/mol. The first-order valence-corrected chi connectivity index (χ1v) is 5.65. The third kappa shape index (κ3) is 3.57. The van der Waals surface area contributed by atoms with Crippen LogP contribution < -0.4 is 11.1 Å². The third-order valence-electron chi connectivity index (χ3n) is 2.50. The maximum Gasteiger partial charge on any atom is 0.159 e. The number of nitrogens with two attached hydrogens (primary N) is 1. The highest BCUT2D eigenvalue weighted by Gasteiger charge is 2.03. The Hall–Kier alpha value is -1.51. The second-order valence-corrected chi connectivity index (χ2v) is 4.47. The van der Waals surface area contributed by atoms with E-state index in [2.05, 4.69) is 19.2 Å². The molecule has 0 aliphatic carbocycles. The molecule has 0 spiro atoms.